The Hall–Kier alpha value is -5.71. The van der Waals surface area contributed by atoms with Crippen molar-refractivity contribution in [2.75, 3.05) is 50.7 Å². The molecule has 1 saturated heterocycles. The molecule has 1 aliphatic heterocycles. The molecule has 1 aromatic heterocycles. The lowest BCUT2D eigenvalue weighted by Crippen LogP contribution is -2.37. The van der Waals surface area contributed by atoms with Gasteiger partial charge in [0.15, 0.2) is 0 Å². The number of hydrogen-bond donors (Lipinski definition) is 3. The Labute approximate surface area is 356 Å². The summed E-state index contributed by atoms with van der Waals surface area (Å²) in [6, 6.07) is 20.4. The van der Waals surface area contributed by atoms with Crippen molar-refractivity contribution in [3.63, 3.8) is 0 Å². The van der Waals surface area contributed by atoms with Crippen molar-refractivity contribution in [2.45, 2.75) is 27.7 Å². The van der Waals surface area contributed by atoms with Crippen LogP contribution >= 0.6 is 0 Å². The van der Waals surface area contributed by atoms with Crippen LogP contribution < -0.4 is 10.2 Å². The Bertz CT molecular complexity index is 2840. The molecule has 1 aliphatic rings. The van der Waals surface area contributed by atoms with E-state index in [0.29, 0.717) is 55.1 Å². The van der Waals surface area contributed by atoms with Crippen molar-refractivity contribution < 1.29 is 55.9 Å². The topological polar surface area (TPSA) is 308 Å². The molecule has 0 bridgehead atoms. The van der Waals surface area contributed by atoms with Crippen LogP contribution in [-0.2, 0) is 71.5 Å². The minimum absolute atomic E-state index is 0.0443. The molecule has 26 heteroatoms. The third-order valence-corrected chi connectivity index (χ3v) is 12.5. The first kappa shape index (κ1) is 45.8. The SMILES string of the molecule is COS(=O)(=O)c1cc(N=Nc2ccc(Nc3nc(Cc4ccc(N=Nc5cc(CS(=O)(=O)O)cc(CS(=O)(=O)O)c5)cc4)nc(N4CCOCC4)n3)cc2)cc(S(=O)(=O)OC)c1. The minimum Gasteiger partial charge on any atom is -0.378 e. The van der Waals surface area contributed by atoms with Gasteiger partial charge in [0, 0.05) is 25.2 Å². The van der Waals surface area contributed by atoms with E-state index in [1.54, 1.807) is 48.5 Å². The standard InChI is InChI=1S/C36H37N9O13S4/c1-56-61(52,53)32-19-31(20-33(21-32)62(54,55)57-2)44-42-29-9-7-27(8-10-29)37-35-38-34(39-36(40-35)45-11-13-58-14-12-45)18-24-3-5-28(6-4-24)41-43-30-16-25(22-59(46,47)48)15-26(17-30)23-60(49,50)51/h3-10,15-17,19-21H,11-14,18,22-23H2,1-2H3,(H,46,47,48)(H,49,50,51)(H,37,38,39,40). The van der Waals surface area contributed by atoms with Crippen molar-refractivity contribution in [1.29, 1.82) is 0 Å². The van der Waals surface area contributed by atoms with Crippen molar-refractivity contribution in [3.05, 3.63) is 107 Å². The fraction of sp³-hybridized carbons (Fsp3) is 0.250. The van der Waals surface area contributed by atoms with Crippen LogP contribution in [0.1, 0.15) is 22.5 Å². The summed E-state index contributed by atoms with van der Waals surface area (Å²) in [5, 5.41) is 19.6. The molecular weight excluding hydrogens is 895 g/mol. The highest BCUT2D eigenvalue weighted by Gasteiger charge is 2.22. The maximum atomic E-state index is 12.4. The molecule has 3 N–H and O–H groups in total. The van der Waals surface area contributed by atoms with E-state index in [0.717, 1.165) is 38.0 Å². The van der Waals surface area contributed by atoms with E-state index in [9.17, 15) is 42.8 Å². The number of nitrogens with zero attached hydrogens (tertiary/aromatic N) is 8. The molecule has 5 aromatic rings. The lowest BCUT2D eigenvalue weighted by molar-refractivity contribution is 0.122. The van der Waals surface area contributed by atoms with E-state index in [2.05, 4.69) is 44.1 Å². The van der Waals surface area contributed by atoms with E-state index in [1.165, 1.54) is 18.2 Å². The van der Waals surface area contributed by atoms with Crippen molar-refractivity contribution in [3.8, 4) is 0 Å². The lowest BCUT2D eigenvalue weighted by atomic mass is 10.1. The average molecular weight is 932 g/mol. The second kappa shape index (κ2) is 19.1. The maximum absolute atomic E-state index is 12.4. The zero-order chi connectivity index (χ0) is 44.7. The molecule has 1 fully saturated rings. The van der Waals surface area contributed by atoms with E-state index in [-0.39, 0.29) is 34.9 Å². The van der Waals surface area contributed by atoms with Gasteiger partial charge in [0.1, 0.15) is 17.3 Å². The number of hydrogen-bond acceptors (Lipinski definition) is 20. The smallest absolute Gasteiger partial charge is 0.296 e. The number of morpholine rings is 1. The number of aromatic nitrogens is 3. The van der Waals surface area contributed by atoms with Gasteiger partial charge in [0.05, 0.1) is 60.0 Å². The maximum Gasteiger partial charge on any atom is 0.296 e. The Morgan fingerprint density at radius 1 is 0.613 bits per heavy atom. The normalized spacial score (nSPS) is 14.2. The molecule has 0 radical (unpaired) electrons. The van der Waals surface area contributed by atoms with Gasteiger partial charge in [-0.2, -0.15) is 69.1 Å². The number of nitrogens with one attached hydrogen (secondary N) is 1. The molecule has 6 rings (SSSR count). The Kier molecular flexibility index (Phi) is 14.1. The monoisotopic (exact) mass is 931 g/mol. The zero-order valence-electron chi connectivity index (χ0n) is 32.6. The van der Waals surface area contributed by atoms with Crippen molar-refractivity contribution in [2.24, 2.45) is 20.5 Å². The van der Waals surface area contributed by atoms with Gasteiger partial charge in [-0.3, -0.25) is 17.5 Å². The van der Waals surface area contributed by atoms with E-state index in [1.807, 2.05) is 4.90 Å². The Morgan fingerprint density at radius 3 is 1.60 bits per heavy atom. The van der Waals surface area contributed by atoms with Crippen LogP contribution in [0.15, 0.2) is 115 Å². The number of ether oxygens (including phenoxy) is 1. The van der Waals surface area contributed by atoms with Crippen LogP contribution in [0.3, 0.4) is 0 Å². The van der Waals surface area contributed by atoms with Crippen LogP contribution in [0.4, 0.5) is 40.3 Å². The van der Waals surface area contributed by atoms with Crippen LogP contribution in [-0.4, -0.2) is 98.3 Å². The summed E-state index contributed by atoms with van der Waals surface area (Å²) in [6.45, 7) is 2.08. The number of azo groups is 2. The largest absolute Gasteiger partial charge is 0.378 e. The molecule has 0 amide bonds. The molecule has 0 atom stereocenters. The van der Waals surface area contributed by atoms with Crippen LogP contribution in [0, 0.1) is 0 Å². The molecule has 62 heavy (non-hydrogen) atoms. The minimum atomic E-state index is -4.45. The number of rotatable bonds is 17. The quantitative estimate of drug-likeness (QED) is 0.0603. The Morgan fingerprint density at radius 2 is 1.10 bits per heavy atom. The highest BCUT2D eigenvalue weighted by atomic mass is 32.2. The fourth-order valence-electron chi connectivity index (χ4n) is 5.77. The van der Waals surface area contributed by atoms with Gasteiger partial charge in [-0.15, -0.1) is 0 Å². The van der Waals surface area contributed by atoms with Crippen LogP contribution in [0.5, 0.6) is 0 Å². The first-order valence-corrected chi connectivity index (χ1v) is 24.0. The molecule has 2 heterocycles. The second-order valence-corrected chi connectivity index (χ2v) is 19.6. The molecule has 4 aromatic carbocycles. The highest BCUT2D eigenvalue weighted by Crippen LogP contribution is 2.29. The molecule has 0 saturated carbocycles. The summed E-state index contributed by atoms with van der Waals surface area (Å²) in [6.07, 6.45) is 0.280. The molecule has 22 nitrogen and oxygen atoms in total. The summed E-state index contributed by atoms with van der Waals surface area (Å²) in [4.78, 5) is 15.0. The van der Waals surface area contributed by atoms with Crippen LogP contribution in [0.25, 0.3) is 0 Å². The predicted octanol–water partition coefficient (Wildman–Crippen LogP) is 5.32. The number of anilines is 3. The van der Waals surface area contributed by atoms with Gasteiger partial charge in [-0.1, -0.05) is 18.2 Å². The first-order valence-electron chi connectivity index (χ1n) is 17.9. The molecule has 328 valence electrons. The van der Waals surface area contributed by atoms with Gasteiger partial charge >= 0.3 is 0 Å². The first-order chi connectivity index (χ1) is 29.3. The summed E-state index contributed by atoms with van der Waals surface area (Å²) < 4.78 is 128. The zero-order valence-corrected chi connectivity index (χ0v) is 35.9. The van der Waals surface area contributed by atoms with Gasteiger partial charge in [0.2, 0.25) is 11.9 Å². The average Bonchev–Trinajstić information content (AvgIpc) is 3.22. The van der Waals surface area contributed by atoms with E-state index >= 15 is 0 Å². The second-order valence-electron chi connectivity index (χ2n) is 13.3. The third kappa shape index (κ3) is 13.1. The lowest BCUT2D eigenvalue weighted by Gasteiger charge is -2.27. The number of benzene rings is 4. The Balaban J connectivity index is 1.19. The molecule has 0 spiro atoms. The van der Waals surface area contributed by atoms with E-state index < -0.39 is 61.8 Å². The third-order valence-electron chi connectivity index (χ3n) is 8.56. The highest BCUT2D eigenvalue weighted by molar-refractivity contribution is 7.87. The predicted molar refractivity (Wildman–Crippen MR) is 222 cm³/mol. The molecular formula is C36H37N9O13S4. The van der Waals surface area contributed by atoms with Gasteiger partial charge in [-0.25, -0.2) is 0 Å². The van der Waals surface area contributed by atoms with E-state index in [4.69, 9.17) is 9.72 Å². The summed E-state index contributed by atoms with van der Waals surface area (Å²) >= 11 is 0. The van der Waals surface area contributed by atoms with Gasteiger partial charge < -0.3 is 15.0 Å². The van der Waals surface area contributed by atoms with Crippen LogP contribution in [0.2, 0.25) is 0 Å². The molecule has 0 unspecified atom stereocenters. The summed E-state index contributed by atoms with van der Waals surface area (Å²) in [7, 11) is -15.6. The fourth-order valence-corrected chi connectivity index (χ4v) is 8.47. The summed E-state index contributed by atoms with van der Waals surface area (Å²) in [5.41, 5.74) is 2.19. The van der Waals surface area contributed by atoms with Crippen molar-refractivity contribution in [1.82, 2.24) is 15.0 Å². The van der Waals surface area contributed by atoms with Crippen molar-refractivity contribution >= 4 is 80.8 Å². The van der Waals surface area contributed by atoms with Gasteiger partial charge in [-0.05, 0) is 83.4 Å². The van der Waals surface area contributed by atoms with Gasteiger partial charge in [0.25, 0.3) is 40.5 Å². The summed E-state index contributed by atoms with van der Waals surface area (Å²) in [5.74, 6) is -0.509. The molecule has 0 aliphatic carbocycles.